The molecule has 1 N–H and O–H groups in total. The largest absolute Gasteiger partial charge is 0.433 e. The molecule has 8 heteroatoms. The average Bonchev–Trinajstić information content (AvgIpc) is 3.00. The highest BCUT2D eigenvalue weighted by Crippen LogP contribution is 2.34. The van der Waals surface area contributed by atoms with Crippen LogP contribution in [0.3, 0.4) is 0 Å². The van der Waals surface area contributed by atoms with Crippen LogP contribution in [-0.4, -0.2) is 35.1 Å². The Morgan fingerprint density at radius 1 is 1.46 bits per heavy atom. The minimum absolute atomic E-state index is 0.155. The first-order valence-electron chi connectivity index (χ1n) is 7.02. The number of hydrogen-bond acceptors (Lipinski definition) is 4. The third kappa shape index (κ3) is 4.17. The van der Waals surface area contributed by atoms with Gasteiger partial charge in [0.25, 0.3) is 0 Å². The Morgan fingerprint density at radius 2 is 2.25 bits per heavy atom. The molecular formula is C16H16F3N5. The van der Waals surface area contributed by atoms with Crippen molar-refractivity contribution in [2.24, 2.45) is 4.99 Å². The van der Waals surface area contributed by atoms with E-state index in [4.69, 9.17) is 0 Å². The van der Waals surface area contributed by atoms with Crippen molar-refractivity contribution in [1.29, 1.82) is 0 Å². The number of nitrogens with one attached hydrogen (secondary N) is 1. The number of aliphatic imine (C=N–C) groups is 1. The fourth-order valence-electron chi connectivity index (χ4n) is 1.99. The summed E-state index contributed by atoms with van der Waals surface area (Å²) in [6.07, 6.45) is 2.83. The number of halogens is 3. The maximum atomic E-state index is 13.4. The van der Waals surface area contributed by atoms with Crippen molar-refractivity contribution in [3.05, 3.63) is 54.6 Å². The lowest BCUT2D eigenvalue weighted by Crippen LogP contribution is -2.14. The lowest BCUT2D eigenvalue weighted by atomic mass is 10.2. The van der Waals surface area contributed by atoms with E-state index in [9.17, 15) is 13.2 Å². The number of aromatic nitrogens is 3. The van der Waals surface area contributed by atoms with Crippen LogP contribution in [0.4, 0.5) is 13.2 Å². The monoisotopic (exact) mass is 335 g/mol. The van der Waals surface area contributed by atoms with Gasteiger partial charge in [-0.3, -0.25) is 9.98 Å². The van der Waals surface area contributed by atoms with E-state index >= 15 is 0 Å². The Balaban J connectivity index is 2.56. The van der Waals surface area contributed by atoms with Crippen LogP contribution in [0.2, 0.25) is 0 Å². The SMILES string of the molecule is C=N/C=C(\C=C/CNC)n1nc(-c2cccnc2)cc1C(F)(F)F. The molecule has 0 aliphatic heterocycles. The molecule has 0 fully saturated rings. The molecule has 0 unspecified atom stereocenters. The summed E-state index contributed by atoms with van der Waals surface area (Å²) in [5, 5.41) is 6.95. The maximum absolute atomic E-state index is 13.4. The van der Waals surface area contributed by atoms with Gasteiger partial charge in [0.05, 0.1) is 17.6 Å². The summed E-state index contributed by atoms with van der Waals surface area (Å²) in [6, 6.07) is 4.27. The van der Waals surface area contributed by atoms with Crippen LogP contribution in [0.15, 0.2) is 53.9 Å². The van der Waals surface area contributed by atoms with Crippen molar-refractivity contribution < 1.29 is 13.2 Å². The highest BCUT2D eigenvalue weighted by atomic mass is 19.4. The quantitative estimate of drug-likeness (QED) is 0.651. The van der Waals surface area contributed by atoms with Crippen molar-refractivity contribution in [1.82, 2.24) is 20.1 Å². The first-order chi connectivity index (χ1) is 11.5. The van der Waals surface area contributed by atoms with Gasteiger partial charge in [0.15, 0.2) is 0 Å². The van der Waals surface area contributed by atoms with E-state index in [1.165, 1.54) is 18.5 Å². The second-order valence-electron chi connectivity index (χ2n) is 4.76. The van der Waals surface area contributed by atoms with Gasteiger partial charge in [0.1, 0.15) is 5.69 Å². The molecule has 5 nitrogen and oxygen atoms in total. The number of rotatable bonds is 6. The summed E-state index contributed by atoms with van der Waals surface area (Å²) in [6.45, 7) is 3.80. The molecule has 0 radical (unpaired) electrons. The molecular weight excluding hydrogens is 319 g/mol. The number of alkyl halides is 3. The Hall–Kier alpha value is -2.74. The molecule has 0 saturated carbocycles. The second kappa shape index (κ2) is 7.69. The zero-order chi connectivity index (χ0) is 17.6. The predicted molar refractivity (Wildman–Crippen MR) is 87.3 cm³/mol. The minimum Gasteiger partial charge on any atom is -0.316 e. The third-order valence-corrected chi connectivity index (χ3v) is 3.04. The Kier molecular flexibility index (Phi) is 5.64. The summed E-state index contributed by atoms with van der Waals surface area (Å²) in [4.78, 5) is 7.48. The molecule has 0 saturated heterocycles. The summed E-state index contributed by atoms with van der Waals surface area (Å²) in [5.41, 5.74) is -0.0765. The van der Waals surface area contributed by atoms with Gasteiger partial charge in [-0.1, -0.05) is 6.08 Å². The minimum atomic E-state index is -4.56. The number of hydrogen-bond donors (Lipinski definition) is 1. The van der Waals surface area contributed by atoms with E-state index < -0.39 is 11.9 Å². The zero-order valence-electron chi connectivity index (χ0n) is 13.0. The lowest BCUT2D eigenvalue weighted by Gasteiger charge is -2.10. The van der Waals surface area contributed by atoms with Gasteiger partial charge >= 0.3 is 6.18 Å². The van der Waals surface area contributed by atoms with Crippen LogP contribution in [0.5, 0.6) is 0 Å². The molecule has 0 aromatic carbocycles. The van der Waals surface area contributed by atoms with Gasteiger partial charge in [0, 0.05) is 24.5 Å². The number of nitrogens with zero attached hydrogens (tertiary/aromatic N) is 4. The van der Waals surface area contributed by atoms with Crippen LogP contribution in [-0.2, 0) is 6.18 Å². The van der Waals surface area contributed by atoms with E-state index in [-0.39, 0.29) is 11.4 Å². The molecule has 2 aromatic heterocycles. The van der Waals surface area contributed by atoms with E-state index in [1.54, 1.807) is 31.5 Å². The number of allylic oxidation sites excluding steroid dienone is 2. The van der Waals surface area contributed by atoms with Gasteiger partial charge in [0.2, 0.25) is 0 Å². The van der Waals surface area contributed by atoms with Crippen molar-refractivity contribution >= 4 is 12.4 Å². The molecule has 0 aliphatic carbocycles. The molecule has 0 atom stereocenters. The van der Waals surface area contributed by atoms with Gasteiger partial charge < -0.3 is 5.32 Å². The Bertz CT molecular complexity index is 745. The highest BCUT2D eigenvalue weighted by molar-refractivity contribution is 5.63. The van der Waals surface area contributed by atoms with E-state index in [0.29, 0.717) is 12.1 Å². The Morgan fingerprint density at radius 3 is 2.83 bits per heavy atom. The van der Waals surface area contributed by atoms with Crippen LogP contribution >= 0.6 is 0 Å². The summed E-state index contributed by atoms with van der Waals surface area (Å²) in [5.74, 6) is 0. The topological polar surface area (TPSA) is 55.1 Å². The fourth-order valence-corrected chi connectivity index (χ4v) is 1.99. The number of pyridine rings is 1. The summed E-state index contributed by atoms with van der Waals surface area (Å²) in [7, 11) is 1.73. The van der Waals surface area contributed by atoms with Crippen molar-refractivity contribution in [3.8, 4) is 11.3 Å². The highest BCUT2D eigenvalue weighted by Gasteiger charge is 2.36. The van der Waals surface area contributed by atoms with E-state index in [2.05, 4.69) is 27.1 Å². The molecule has 24 heavy (non-hydrogen) atoms. The predicted octanol–water partition coefficient (Wildman–Crippen LogP) is 3.24. The summed E-state index contributed by atoms with van der Waals surface area (Å²) < 4.78 is 40.9. The Labute approximate surface area is 137 Å². The first kappa shape index (κ1) is 17.6. The lowest BCUT2D eigenvalue weighted by molar-refractivity contribution is -0.142. The molecule has 126 valence electrons. The molecule has 0 aliphatic rings. The molecule has 0 bridgehead atoms. The normalized spacial score (nSPS) is 12.8. The van der Waals surface area contributed by atoms with Crippen LogP contribution in [0.1, 0.15) is 5.69 Å². The van der Waals surface area contributed by atoms with Gasteiger partial charge in [-0.05, 0) is 38.0 Å². The molecule has 0 amide bonds. The van der Waals surface area contributed by atoms with Crippen molar-refractivity contribution in [2.45, 2.75) is 6.18 Å². The standard InChI is InChI=1S/C16H16F3N5/c1-20-7-4-6-13(11-21-2)24-15(16(17,18)19)9-14(23-24)12-5-3-8-22-10-12/h3-6,8-11,20H,2,7H2,1H3/b6-4-,13-11+. The van der Waals surface area contributed by atoms with Gasteiger partial charge in [-0.15, -0.1) is 0 Å². The van der Waals surface area contributed by atoms with Gasteiger partial charge in [-0.2, -0.15) is 18.3 Å². The fraction of sp³-hybridized carbons (Fsp3) is 0.188. The maximum Gasteiger partial charge on any atom is 0.433 e. The second-order valence-corrected chi connectivity index (χ2v) is 4.76. The molecule has 0 spiro atoms. The first-order valence-corrected chi connectivity index (χ1v) is 7.02. The van der Waals surface area contributed by atoms with Crippen LogP contribution in [0.25, 0.3) is 17.0 Å². The summed E-state index contributed by atoms with van der Waals surface area (Å²) >= 11 is 0. The van der Waals surface area contributed by atoms with Crippen LogP contribution < -0.4 is 5.32 Å². The van der Waals surface area contributed by atoms with Crippen molar-refractivity contribution in [2.75, 3.05) is 13.6 Å². The van der Waals surface area contributed by atoms with Gasteiger partial charge in [-0.25, -0.2) is 4.68 Å². The third-order valence-electron chi connectivity index (χ3n) is 3.04. The number of likely N-dealkylation sites (N-methyl/N-ethyl adjacent to an activating group) is 1. The zero-order valence-corrected chi connectivity index (χ0v) is 13.0. The smallest absolute Gasteiger partial charge is 0.316 e. The van der Waals surface area contributed by atoms with E-state index in [0.717, 1.165) is 10.7 Å². The van der Waals surface area contributed by atoms with Crippen LogP contribution in [0, 0.1) is 0 Å². The molecule has 2 heterocycles. The molecule has 2 rings (SSSR count). The van der Waals surface area contributed by atoms with Crippen molar-refractivity contribution in [3.63, 3.8) is 0 Å². The molecule has 2 aromatic rings. The average molecular weight is 335 g/mol. The van der Waals surface area contributed by atoms with E-state index in [1.807, 2.05) is 0 Å².